The molecule has 2 N–H and O–H groups in total. The number of ether oxygens (including phenoxy) is 1. The quantitative estimate of drug-likeness (QED) is 0.402. The molecule has 0 bridgehead atoms. The largest absolute Gasteiger partial charge is 0.378 e. The number of methoxy groups -OCH3 is 1. The molecule has 0 aliphatic carbocycles. The van der Waals surface area contributed by atoms with Crippen LogP contribution in [-0.4, -0.2) is 60.1 Å². The summed E-state index contributed by atoms with van der Waals surface area (Å²) in [5.41, 5.74) is 6.40. The molecule has 7 heteroatoms. The Morgan fingerprint density at radius 1 is 0.943 bits per heavy atom. The average molecular weight is 471 g/mol. The lowest BCUT2D eigenvalue weighted by Gasteiger charge is -2.20. The van der Waals surface area contributed by atoms with Crippen LogP contribution in [0.1, 0.15) is 22.3 Å². The highest BCUT2D eigenvalue weighted by Crippen LogP contribution is 2.38. The number of amides is 2. The van der Waals surface area contributed by atoms with Gasteiger partial charge in [-0.15, -0.1) is 0 Å². The molecule has 180 valence electrons. The van der Waals surface area contributed by atoms with E-state index in [-0.39, 0.29) is 17.9 Å². The lowest BCUT2D eigenvalue weighted by Crippen LogP contribution is -2.31. The Balaban J connectivity index is 1.73. The van der Waals surface area contributed by atoms with Gasteiger partial charge in [0, 0.05) is 59.0 Å². The second-order valence-corrected chi connectivity index (χ2v) is 9.62. The van der Waals surface area contributed by atoms with Crippen LogP contribution in [0.15, 0.2) is 48.8 Å². The zero-order chi connectivity index (χ0) is 24.9. The maximum absolute atomic E-state index is 13.2. The fraction of sp³-hybridized carbons (Fsp3) is 0.286. The number of likely N-dealkylation sites (N-methyl/N-ethyl adjacent to an activating group) is 1. The molecule has 7 nitrogen and oxygen atoms in total. The highest BCUT2D eigenvalue weighted by molar-refractivity contribution is 6.50. The van der Waals surface area contributed by atoms with Crippen molar-refractivity contribution >= 4 is 44.8 Å². The molecular weight excluding hydrogens is 440 g/mol. The monoisotopic (exact) mass is 470 g/mol. The molecule has 0 saturated heterocycles. The smallest absolute Gasteiger partial charge is 0.259 e. The predicted octanol–water partition coefficient (Wildman–Crippen LogP) is 3.88. The van der Waals surface area contributed by atoms with Gasteiger partial charge >= 0.3 is 0 Å². The standard InChI is InChI=1S/C28H30N4O3/c1-16-6-8-23-19(10-16)21(12-29-23)25-26(28(34)30-27(25)33)22-15-32(14-18(35-5)13-31(3)4)24-9-7-17(2)11-20(22)24/h6-12,15,18,29H,13-14H2,1-5H3,(H,30,33,34). The third kappa shape index (κ3) is 4.07. The molecule has 0 spiro atoms. The number of carbonyl (C=O) groups is 2. The molecule has 3 heterocycles. The van der Waals surface area contributed by atoms with Crippen molar-refractivity contribution in [3.05, 3.63) is 71.0 Å². The summed E-state index contributed by atoms with van der Waals surface area (Å²) in [5.74, 6) is -0.743. The zero-order valence-corrected chi connectivity index (χ0v) is 20.7. The maximum atomic E-state index is 13.2. The van der Waals surface area contributed by atoms with Crippen molar-refractivity contribution in [2.45, 2.75) is 26.5 Å². The van der Waals surface area contributed by atoms with Crippen LogP contribution in [0.5, 0.6) is 0 Å². The number of carbonyl (C=O) groups excluding carboxylic acids is 2. The lowest BCUT2D eigenvalue weighted by atomic mass is 9.95. The van der Waals surface area contributed by atoms with Crippen molar-refractivity contribution < 1.29 is 14.3 Å². The number of nitrogens with zero attached hydrogens (tertiary/aromatic N) is 2. The van der Waals surface area contributed by atoms with Crippen molar-refractivity contribution in [1.82, 2.24) is 19.8 Å². The van der Waals surface area contributed by atoms with Gasteiger partial charge in [0.2, 0.25) is 0 Å². The first kappa shape index (κ1) is 23.1. The van der Waals surface area contributed by atoms with Crippen LogP contribution < -0.4 is 5.32 Å². The molecule has 4 aromatic rings. The summed E-state index contributed by atoms with van der Waals surface area (Å²) in [5, 5.41) is 4.41. The van der Waals surface area contributed by atoms with Crippen molar-refractivity contribution in [2.75, 3.05) is 27.7 Å². The number of nitrogens with one attached hydrogen (secondary N) is 2. The number of aryl methyl sites for hydroxylation is 2. The lowest BCUT2D eigenvalue weighted by molar-refractivity contribution is -0.122. The highest BCUT2D eigenvalue weighted by atomic mass is 16.5. The van der Waals surface area contributed by atoms with Crippen molar-refractivity contribution in [2.24, 2.45) is 0 Å². The second-order valence-electron chi connectivity index (χ2n) is 9.62. The molecule has 0 fully saturated rings. The first-order chi connectivity index (χ1) is 16.8. The first-order valence-corrected chi connectivity index (χ1v) is 11.7. The van der Waals surface area contributed by atoms with Gasteiger partial charge in [-0.1, -0.05) is 23.3 Å². The summed E-state index contributed by atoms with van der Waals surface area (Å²) in [6.07, 6.45) is 3.78. The fourth-order valence-electron chi connectivity index (χ4n) is 5.01. The van der Waals surface area contributed by atoms with Gasteiger partial charge in [0.1, 0.15) is 0 Å². The molecule has 1 atom stereocenters. The Hall–Kier alpha value is -3.68. The van der Waals surface area contributed by atoms with E-state index in [1.165, 1.54) is 0 Å². The third-order valence-electron chi connectivity index (χ3n) is 6.65. The number of hydrogen-bond acceptors (Lipinski definition) is 4. The number of imide groups is 1. The van der Waals surface area contributed by atoms with E-state index >= 15 is 0 Å². The van der Waals surface area contributed by atoms with E-state index in [0.717, 1.165) is 50.6 Å². The van der Waals surface area contributed by atoms with Gasteiger partial charge in [-0.2, -0.15) is 0 Å². The first-order valence-electron chi connectivity index (χ1n) is 11.7. The molecule has 2 aromatic carbocycles. The molecule has 5 rings (SSSR count). The predicted molar refractivity (Wildman–Crippen MR) is 139 cm³/mol. The number of H-pyrrole nitrogens is 1. The minimum Gasteiger partial charge on any atom is -0.378 e. The third-order valence-corrected chi connectivity index (χ3v) is 6.65. The number of fused-ring (bicyclic) bond motifs is 2. The van der Waals surface area contributed by atoms with Crippen LogP contribution in [0.4, 0.5) is 0 Å². The molecule has 2 aromatic heterocycles. The minimum absolute atomic E-state index is 0.0289. The number of hydrogen-bond donors (Lipinski definition) is 2. The van der Waals surface area contributed by atoms with Crippen LogP contribution >= 0.6 is 0 Å². The summed E-state index contributed by atoms with van der Waals surface area (Å²) in [6.45, 7) is 5.43. The van der Waals surface area contributed by atoms with E-state index in [2.05, 4.69) is 38.0 Å². The SMILES string of the molecule is COC(CN(C)C)Cn1cc(C2=C(c3c[nH]c4ccc(C)cc34)C(=O)NC2=O)c2cc(C)ccc21. The van der Waals surface area contributed by atoms with Gasteiger partial charge < -0.3 is 19.2 Å². The number of rotatable bonds is 7. The Bertz CT molecular complexity index is 1510. The molecule has 2 amide bonds. The zero-order valence-electron chi connectivity index (χ0n) is 20.7. The van der Waals surface area contributed by atoms with Gasteiger partial charge in [-0.05, 0) is 52.2 Å². The van der Waals surface area contributed by atoms with Gasteiger partial charge in [-0.3, -0.25) is 14.9 Å². The van der Waals surface area contributed by atoms with E-state index in [0.29, 0.717) is 17.7 Å². The Kier molecular flexibility index (Phi) is 5.83. The molecule has 1 aliphatic rings. The Morgan fingerprint density at radius 3 is 2.29 bits per heavy atom. The molecule has 0 radical (unpaired) electrons. The molecule has 35 heavy (non-hydrogen) atoms. The summed E-state index contributed by atoms with van der Waals surface area (Å²) >= 11 is 0. The van der Waals surface area contributed by atoms with E-state index in [1.54, 1.807) is 7.11 Å². The van der Waals surface area contributed by atoms with Crippen molar-refractivity contribution in [3.63, 3.8) is 0 Å². The highest BCUT2D eigenvalue weighted by Gasteiger charge is 2.35. The summed E-state index contributed by atoms with van der Waals surface area (Å²) in [7, 11) is 5.75. The maximum Gasteiger partial charge on any atom is 0.259 e. The van der Waals surface area contributed by atoms with Crippen LogP contribution in [0.25, 0.3) is 33.0 Å². The minimum atomic E-state index is -0.372. The molecule has 1 unspecified atom stereocenters. The van der Waals surface area contributed by atoms with Crippen LogP contribution in [0.2, 0.25) is 0 Å². The van der Waals surface area contributed by atoms with Crippen LogP contribution in [0.3, 0.4) is 0 Å². The van der Waals surface area contributed by atoms with E-state index in [9.17, 15) is 9.59 Å². The molecular formula is C28H30N4O3. The van der Waals surface area contributed by atoms with E-state index in [1.807, 2.05) is 58.5 Å². The van der Waals surface area contributed by atoms with Crippen molar-refractivity contribution in [1.29, 1.82) is 0 Å². The fourth-order valence-corrected chi connectivity index (χ4v) is 5.01. The number of benzene rings is 2. The van der Waals surface area contributed by atoms with Crippen molar-refractivity contribution in [3.8, 4) is 0 Å². The Labute approximate surface area is 204 Å². The topological polar surface area (TPSA) is 79.4 Å². The normalized spacial score (nSPS) is 15.1. The number of aromatic amines is 1. The Morgan fingerprint density at radius 2 is 1.60 bits per heavy atom. The number of aromatic nitrogens is 2. The van der Waals surface area contributed by atoms with Gasteiger partial charge in [0.05, 0.1) is 23.8 Å². The van der Waals surface area contributed by atoms with Crippen LogP contribution in [0, 0.1) is 13.8 Å². The summed E-state index contributed by atoms with van der Waals surface area (Å²) in [4.78, 5) is 31.7. The second kappa shape index (κ2) is 8.83. The molecule has 1 aliphatic heterocycles. The summed E-state index contributed by atoms with van der Waals surface area (Å²) in [6, 6.07) is 12.3. The van der Waals surface area contributed by atoms with Gasteiger partial charge in [0.15, 0.2) is 0 Å². The van der Waals surface area contributed by atoms with Gasteiger partial charge in [-0.25, -0.2) is 0 Å². The molecule has 0 saturated carbocycles. The average Bonchev–Trinajstić information content (AvgIpc) is 3.45. The van der Waals surface area contributed by atoms with E-state index < -0.39 is 0 Å². The van der Waals surface area contributed by atoms with Crippen LogP contribution in [-0.2, 0) is 20.9 Å². The van der Waals surface area contributed by atoms with Gasteiger partial charge in [0.25, 0.3) is 11.8 Å². The summed E-state index contributed by atoms with van der Waals surface area (Å²) < 4.78 is 7.86. The van der Waals surface area contributed by atoms with E-state index in [4.69, 9.17) is 4.74 Å².